The lowest BCUT2D eigenvalue weighted by molar-refractivity contribution is -0.131. The van der Waals surface area contributed by atoms with Crippen LogP contribution >= 0.6 is 11.6 Å². The number of methoxy groups -OCH3 is 1. The number of fused-ring (bicyclic) bond motifs is 1. The van der Waals surface area contributed by atoms with Crippen molar-refractivity contribution in [1.82, 2.24) is 15.8 Å². The van der Waals surface area contributed by atoms with Crippen molar-refractivity contribution in [3.8, 4) is 5.75 Å². The van der Waals surface area contributed by atoms with Gasteiger partial charge in [-0.2, -0.15) is 0 Å². The first-order valence-corrected chi connectivity index (χ1v) is 9.83. The van der Waals surface area contributed by atoms with Crippen molar-refractivity contribution >= 4 is 17.5 Å². The first-order valence-electron chi connectivity index (χ1n) is 9.45. The van der Waals surface area contributed by atoms with Gasteiger partial charge in [-0.15, -0.1) is 0 Å². The van der Waals surface area contributed by atoms with E-state index in [-0.39, 0.29) is 35.7 Å². The monoisotopic (exact) mass is 401 g/mol. The van der Waals surface area contributed by atoms with Gasteiger partial charge in [-0.25, -0.2) is 10.9 Å². The molecule has 3 N–H and O–H groups in total. The van der Waals surface area contributed by atoms with Crippen LogP contribution in [0.2, 0.25) is 5.02 Å². The summed E-state index contributed by atoms with van der Waals surface area (Å²) in [6, 6.07) is 14.3. The number of phenolic OH excluding ortho intramolecular Hbond substituents is 1. The molecule has 0 saturated carbocycles. The summed E-state index contributed by atoms with van der Waals surface area (Å²) in [6.07, 6.45) is 0.764. The lowest BCUT2D eigenvalue weighted by atomic mass is 9.83. The van der Waals surface area contributed by atoms with E-state index >= 15 is 0 Å². The molecule has 28 heavy (non-hydrogen) atoms. The van der Waals surface area contributed by atoms with E-state index < -0.39 is 0 Å². The first-order chi connectivity index (χ1) is 13.6. The van der Waals surface area contributed by atoms with Gasteiger partial charge in [-0.05, 0) is 30.2 Å². The third-order valence-electron chi connectivity index (χ3n) is 5.64. The summed E-state index contributed by atoms with van der Waals surface area (Å²) < 4.78 is 5.18. The molecule has 0 spiro atoms. The Hall–Kier alpha value is -2.12. The van der Waals surface area contributed by atoms with Gasteiger partial charge >= 0.3 is 0 Å². The Labute approximate surface area is 169 Å². The number of nitrogens with one attached hydrogen (secondary N) is 2. The highest BCUT2D eigenvalue weighted by Gasteiger charge is 2.55. The number of amides is 1. The van der Waals surface area contributed by atoms with Crippen molar-refractivity contribution in [3.63, 3.8) is 0 Å². The predicted octanol–water partition coefficient (Wildman–Crippen LogP) is 2.80. The number of hydrazine groups is 1. The summed E-state index contributed by atoms with van der Waals surface area (Å²) in [5.74, 6) is 0.221. The van der Waals surface area contributed by atoms with Gasteiger partial charge in [-0.1, -0.05) is 41.9 Å². The van der Waals surface area contributed by atoms with Gasteiger partial charge in [0, 0.05) is 36.8 Å². The lowest BCUT2D eigenvalue weighted by Crippen LogP contribution is -2.41. The second kappa shape index (κ2) is 8.09. The van der Waals surface area contributed by atoms with E-state index in [1.54, 1.807) is 19.2 Å². The van der Waals surface area contributed by atoms with E-state index in [0.717, 1.165) is 17.5 Å². The van der Waals surface area contributed by atoms with Crippen molar-refractivity contribution in [2.45, 2.75) is 24.5 Å². The molecule has 2 aliphatic heterocycles. The second-order valence-corrected chi connectivity index (χ2v) is 7.69. The fourth-order valence-corrected chi connectivity index (χ4v) is 4.53. The van der Waals surface area contributed by atoms with E-state index in [1.807, 2.05) is 41.3 Å². The van der Waals surface area contributed by atoms with E-state index in [9.17, 15) is 9.90 Å². The Morgan fingerprint density at radius 1 is 1.11 bits per heavy atom. The minimum atomic E-state index is -0.354. The maximum absolute atomic E-state index is 13.2. The number of ether oxygens (including phenoxy) is 1. The number of carbonyl (C=O) groups is 1. The fraction of sp³-hybridized carbons (Fsp3) is 0.381. The SMILES string of the molecule is COCCCN1C(=O)C2NNC(c3ccccc3O)C2C1c1ccc(Cl)cc1. The average molecular weight is 402 g/mol. The first kappa shape index (κ1) is 19.2. The van der Waals surface area contributed by atoms with E-state index in [0.29, 0.717) is 18.2 Å². The van der Waals surface area contributed by atoms with Gasteiger partial charge in [0.05, 0.1) is 12.1 Å². The Morgan fingerprint density at radius 3 is 2.54 bits per heavy atom. The zero-order valence-corrected chi connectivity index (χ0v) is 16.4. The molecule has 4 unspecified atom stereocenters. The average Bonchev–Trinajstić information content (AvgIpc) is 3.23. The van der Waals surface area contributed by atoms with Crippen LogP contribution in [0, 0.1) is 5.92 Å². The van der Waals surface area contributed by atoms with Crippen molar-refractivity contribution < 1.29 is 14.6 Å². The molecule has 7 heteroatoms. The largest absolute Gasteiger partial charge is 0.508 e. The van der Waals surface area contributed by atoms with E-state index in [2.05, 4.69) is 10.9 Å². The fourth-order valence-electron chi connectivity index (χ4n) is 4.41. The highest BCUT2D eigenvalue weighted by Crippen LogP contribution is 2.48. The molecule has 2 heterocycles. The lowest BCUT2D eigenvalue weighted by Gasteiger charge is -2.31. The molecule has 2 aliphatic rings. The summed E-state index contributed by atoms with van der Waals surface area (Å²) in [5, 5.41) is 11.1. The quantitative estimate of drug-likeness (QED) is 0.649. The van der Waals surface area contributed by atoms with Crippen LogP contribution in [0.4, 0.5) is 0 Å². The van der Waals surface area contributed by atoms with Crippen LogP contribution < -0.4 is 10.9 Å². The Balaban J connectivity index is 1.72. The van der Waals surface area contributed by atoms with Crippen LogP contribution in [0.5, 0.6) is 5.75 Å². The molecule has 0 aromatic heterocycles. The summed E-state index contributed by atoms with van der Waals surface area (Å²) in [7, 11) is 1.66. The number of rotatable bonds is 6. The summed E-state index contributed by atoms with van der Waals surface area (Å²) >= 11 is 6.09. The number of nitrogens with zero attached hydrogens (tertiary/aromatic N) is 1. The molecule has 1 amide bonds. The highest BCUT2D eigenvalue weighted by atomic mass is 35.5. The molecular formula is C21H24ClN3O3. The number of aromatic hydroxyl groups is 1. The number of hydrogen-bond acceptors (Lipinski definition) is 5. The zero-order chi connectivity index (χ0) is 19.7. The van der Waals surface area contributed by atoms with Crippen LogP contribution in [0.1, 0.15) is 29.6 Å². The summed E-state index contributed by atoms with van der Waals surface area (Å²) in [6.45, 7) is 1.21. The number of para-hydroxylation sites is 1. The molecule has 2 fully saturated rings. The third-order valence-corrected chi connectivity index (χ3v) is 5.90. The third kappa shape index (κ3) is 3.37. The molecule has 0 aliphatic carbocycles. The highest BCUT2D eigenvalue weighted by molar-refractivity contribution is 6.30. The molecule has 0 radical (unpaired) electrons. The standard InChI is InChI=1S/C21H24ClN3O3/c1-28-12-4-11-25-20(13-7-9-14(22)10-8-13)17-18(23-24-19(17)21(25)27)15-5-2-3-6-16(15)26/h2-3,5-10,17-20,23-24,26H,4,11-12H2,1H3. The molecular weight excluding hydrogens is 378 g/mol. The number of phenols is 1. The van der Waals surface area contributed by atoms with Gasteiger partial charge in [0.1, 0.15) is 11.8 Å². The second-order valence-electron chi connectivity index (χ2n) is 7.25. The normalized spacial score (nSPS) is 26.6. The van der Waals surface area contributed by atoms with Crippen LogP contribution in [-0.2, 0) is 9.53 Å². The number of halogens is 1. The Bertz CT molecular complexity index is 845. The van der Waals surface area contributed by atoms with Gasteiger partial charge in [0.2, 0.25) is 5.91 Å². The zero-order valence-electron chi connectivity index (χ0n) is 15.6. The number of benzene rings is 2. The van der Waals surface area contributed by atoms with E-state index in [4.69, 9.17) is 16.3 Å². The molecule has 4 rings (SSSR count). The van der Waals surface area contributed by atoms with Crippen LogP contribution in [0.25, 0.3) is 0 Å². The van der Waals surface area contributed by atoms with Gasteiger partial charge < -0.3 is 14.7 Å². The minimum absolute atomic E-state index is 0.0615. The number of hydrogen-bond donors (Lipinski definition) is 3. The maximum atomic E-state index is 13.2. The number of carbonyl (C=O) groups excluding carboxylic acids is 1. The van der Waals surface area contributed by atoms with Gasteiger partial charge in [0.25, 0.3) is 0 Å². The van der Waals surface area contributed by atoms with Crippen LogP contribution in [0.15, 0.2) is 48.5 Å². The van der Waals surface area contributed by atoms with Crippen LogP contribution in [0.3, 0.4) is 0 Å². The van der Waals surface area contributed by atoms with Crippen molar-refractivity contribution in [1.29, 1.82) is 0 Å². The molecule has 0 bridgehead atoms. The van der Waals surface area contributed by atoms with Crippen molar-refractivity contribution in [2.75, 3.05) is 20.3 Å². The molecule has 148 valence electrons. The minimum Gasteiger partial charge on any atom is -0.508 e. The van der Waals surface area contributed by atoms with Crippen LogP contribution in [-0.4, -0.2) is 42.2 Å². The molecule has 2 aromatic rings. The molecule has 6 nitrogen and oxygen atoms in total. The molecule has 4 atom stereocenters. The summed E-state index contributed by atoms with van der Waals surface area (Å²) in [4.78, 5) is 15.1. The van der Waals surface area contributed by atoms with E-state index in [1.165, 1.54) is 0 Å². The number of likely N-dealkylation sites (tertiary alicyclic amines) is 1. The Morgan fingerprint density at radius 2 is 1.82 bits per heavy atom. The maximum Gasteiger partial charge on any atom is 0.242 e. The molecule has 2 saturated heterocycles. The predicted molar refractivity (Wildman–Crippen MR) is 107 cm³/mol. The van der Waals surface area contributed by atoms with Crippen molar-refractivity contribution in [2.24, 2.45) is 5.92 Å². The Kier molecular flexibility index (Phi) is 5.55. The summed E-state index contributed by atoms with van der Waals surface area (Å²) in [5.41, 5.74) is 8.22. The van der Waals surface area contributed by atoms with Gasteiger partial charge in [-0.3, -0.25) is 4.79 Å². The smallest absolute Gasteiger partial charge is 0.242 e. The van der Waals surface area contributed by atoms with Gasteiger partial charge in [0.15, 0.2) is 0 Å². The topological polar surface area (TPSA) is 73.8 Å². The molecule has 2 aromatic carbocycles. The van der Waals surface area contributed by atoms with Crippen molar-refractivity contribution in [3.05, 3.63) is 64.7 Å².